The smallest absolute Gasteiger partial charge is 0.276 e. The molecule has 148 valence electrons. The number of benzene rings is 3. The maximum absolute atomic E-state index is 12.1. The van der Waals surface area contributed by atoms with E-state index >= 15 is 0 Å². The van der Waals surface area contributed by atoms with Crippen molar-refractivity contribution in [3.05, 3.63) is 77.9 Å². The van der Waals surface area contributed by atoms with Crippen LogP contribution in [0.1, 0.15) is 11.1 Å². The van der Waals surface area contributed by atoms with Gasteiger partial charge in [-0.2, -0.15) is 0 Å². The van der Waals surface area contributed by atoms with Gasteiger partial charge in [-0.25, -0.2) is 0 Å². The first kappa shape index (κ1) is 20.3. The number of nitrogens with one attached hydrogen (secondary N) is 3. The fourth-order valence-corrected chi connectivity index (χ4v) is 2.92. The molecule has 0 atom stereocenters. The number of hydrogen-bond acceptors (Lipinski definition) is 4. The minimum Gasteiger partial charge on any atom is -0.484 e. The third-order valence-corrected chi connectivity index (χ3v) is 4.48. The summed E-state index contributed by atoms with van der Waals surface area (Å²) < 4.78 is 5.50. The molecule has 3 aromatic rings. The van der Waals surface area contributed by atoms with E-state index in [1.807, 2.05) is 67.6 Å². The lowest BCUT2D eigenvalue weighted by Crippen LogP contribution is -2.50. The molecule has 0 bridgehead atoms. The number of hydrazine groups is 1. The SMILES string of the molecule is Cc1ccccc1CC(=O)NC(=S)NNC(=O)COc1ccc2ccccc2c1. The lowest BCUT2D eigenvalue weighted by molar-refractivity contribution is -0.124. The van der Waals surface area contributed by atoms with Crippen LogP contribution in [-0.4, -0.2) is 23.5 Å². The zero-order valence-corrected chi connectivity index (χ0v) is 16.7. The molecule has 0 spiro atoms. The van der Waals surface area contributed by atoms with Gasteiger partial charge in [-0.05, 0) is 53.2 Å². The second kappa shape index (κ2) is 9.66. The standard InChI is InChI=1S/C22H21N3O3S/c1-15-6-2-3-8-17(15)13-20(26)23-22(29)25-24-21(27)14-28-19-11-10-16-7-4-5-9-18(16)12-19/h2-12H,13-14H2,1H3,(H,24,27)(H2,23,25,26,29). The van der Waals surface area contributed by atoms with E-state index in [4.69, 9.17) is 17.0 Å². The first-order valence-electron chi connectivity index (χ1n) is 9.06. The van der Waals surface area contributed by atoms with Crippen molar-refractivity contribution in [2.24, 2.45) is 0 Å². The van der Waals surface area contributed by atoms with Gasteiger partial charge in [0.25, 0.3) is 5.91 Å². The van der Waals surface area contributed by atoms with Gasteiger partial charge >= 0.3 is 0 Å². The molecule has 2 amide bonds. The molecule has 0 saturated carbocycles. The number of thiocarbonyl (C=S) groups is 1. The van der Waals surface area contributed by atoms with Gasteiger partial charge < -0.3 is 10.1 Å². The molecule has 7 heteroatoms. The number of fused-ring (bicyclic) bond motifs is 1. The molecule has 0 heterocycles. The largest absolute Gasteiger partial charge is 0.484 e. The van der Waals surface area contributed by atoms with Crippen molar-refractivity contribution < 1.29 is 14.3 Å². The van der Waals surface area contributed by atoms with Crippen LogP contribution in [0.25, 0.3) is 10.8 Å². The Bertz CT molecular complexity index is 1050. The summed E-state index contributed by atoms with van der Waals surface area (Å²) >= 11 is 5.03. The van der Waals surface area contributed by atoms with Crippen LogP contribution < -0.4 is 20.9 Å². The Morgan fingerprint density at radius 1 is 0.897 bits per heavy atom. The lowest BCUT2D eigenvalue weighted by Gasteiger charge is -2.12. The van der Waals surface area contributed by atoms with Crippen molar-refractivity contribution in [2.45, 2.75) is 13.3 Å². The van der Waals surface area contributed by atoms with Gasteiger partial charge in [0.15, 0.2) is 11.7 Å². The molecule has 0 aliphatic heterocycles. The Kier molecular flexibility index (Phi) is 6.76. The molecule has 0 radical (unpaired) electrons. The molecular formula is C22H21N3O3S. The van der Waals surface area contributed by atoms with Gasteiger partial charge in [-0.15, -0.1) is 0 Å². The summed E-state index contributed by atoms with van der Waals surface area (Å²) in [7, 11) is 0. The summed E-state index contributed by atoms with van der Waals surface area (Å²) in [6, 6.07) is 21.1. The molecule has 6 nitrogen and oxygen atoms in total. The maximum atomic E-state index is 12.1. The number of rotatable bonds is 5. The minimum absolute atomic E-state index is 0.0163. The number of carbonyl (C=O) groups excluding carboxylic acids is 2. The molecule has 0 aromatic heterocycles. The van der Waals surface area contributed by atoms with Gasteiger partial charge in [-0.3, -0.25) is 20.4 Å². The number of ether oxygens (including phenoxy) is 1. The van der Waals surface area contributed by atoms with E-state index in [9.17, 15) is 9.59 Å². The average Bonchev–Trinajstić information content (AvgIpc) is 2.72. The van der Waals surface area contributed by atoms with Crippen LogP contribution in [-0.2, 0) is 16.0 Å². The third-order valence-electron chi connectivity index (χ3n) is 4.27. The van der Waals surface area contributed by atoms with E-state index in [-0.39, 0.29) is 24.0 Å². The van der Waals surface area contributed by atoms with Crippen LogP contribution in [0.15, 0.2) is 66.7 Å². The van der Waals surface area contributed by atoms with Gasteiger partial charge in [0.05, 0.1) is 6.42 Å². The number of amides is 2. The first-order chi connectivity index (χ1) is 14.0. The molecule has 0 aliphatic carbocycles. The average molecular weight is 407 g/mol. The van der Waals surface area contributed by atoms with Crippen molar-refractivity contribution in [1.82, 2.24) is 16.2 Å². The van der Waals surface area contributed by atoms with Crippen LogP contribution in [0, 0.1) is 6.92 Å². The van der Waals surface area contributed by atoms with Crippen molar-refractivity contribution in [1.29, 1.82) is 0 Å². The summed E-state index contributed by atoms with van der Waals surface area (Å²) in [5, 5.41) is 4.67. The fourth-order valence-electron chi connectivity index (χ4n) is 2.75. The predicted octanol–water partition coefficient (Wildman–Crippen LogP) is 2.79. The highest BCUT2D eigenvalue weighted by Gasteiger charge is 2.09. The zero-order valence-electron chi connectivity index (χ0n) is 15.9. The zero-order chi connectivity index (χ0) is 20.6. The maximum Gasteiger partial charge on any atom is 0.276 e. The van der Waals surface area contributed by atoms with Crippen LogP contribution in [0.2, 0.25) is 0 Å². The highest BCUT2D eigenvalue weighted by Crippen LogP contribution is 2.20. The van der Waals surface area contributed by atoms with Crippen LogP contribution in [0.5, 0.6) is 5.75 Å². The highest BCUT2D eigenvalue weighted by atomic mass is 32.1. The summed E-state index contributed by atoms with van der Waals surface area (Å²) in [6.45, 7) is 1.75. The van der Waals surface area contributed by atoms with E-state index < -0.39 is 5.91 Å². The number of carbonyl (C=O) groups is 2. The van der Waals surface area contributed by atoms with Crippen molar-refractivity contribution in [2.75, 3.05) is 6.61 Å². The summed E-state index contributed by atoms with van der Waals surface area (Å²) in [4.78, 5) is 24.0. The normalized spacial score (nSPS) is 10.2. The number of aryl methyl sites for hydroxylation is 1. The second-order valence-corrected chi connectivity index (χ2v) is 6.86. The molecule has 0 unspecified atom stereocenters. The molecule has 3 rings (SSSR count). The van der Waals surface area contributed by atoms with Crippen molar-refractivity contribution in [3.8, 4) is 5.75 Å². The molecule has 29 heavy (non-hydrogen) atoms. The molecular weight excluding hydrogens is 386 g/mol. The van der Waals surface area contributed by atoms with Crippen LogP contribution >= 0.6 is 12.2 Å². The Morgan fingerprint density at radius 2 is 1.62 bits per heavy atom. The monoisotopic (exact) mass is 407 g/mol. The predicted molar refractivity (Wildman–Crippen MR) is 116 cm³/mol. The molecule has 3 aromatic carbocycles. The van der Waals surface area contributed by atoms with Gasteiger partial charge in [-0.1, -0.05) is 54.6 Å². The quantitative estimate of drug-likeness (QED) is 0.448. The summed E-state index contributed by atoms with van der Waals surface area (Å²) in [5.74, 6) is -0.0971. The van der Waals surface area contributed by atoms with Gasteiger partial charge in [0.1, 0.15) is 5.75 Å². The third kappa shape index (κ3) is 6.02. The molecule has 0 saturated heterocycles. The lowest BCUT2D eigenvalue weighted by atomic mass is 10.1. The number of hydrogen-bond donors (Lipinski definition) is 3. The van der Waals surface area contributed by atoms with E-state index in [2.05, 4.69) is 16.2 Å². The Balaban J connectivity index is 1.40. The van der Waals surface area contributed by atoms with Gasteiger partial charge in [0, 0.05) is 0 Å². The fraction of sp³-hybridized carbons (Fsp3) is 0.136. The van der Waals surface area contributed by atoms with Gasteiger partial charge in [0.2, 0.25) is 5.91 Å². The van der Waals surface area contributed by atoms with Crippen LogP contribution in [0.4, 0.5) is 0 Å². The van der Waals surface area contributed by atoms with Crippen LogP contribution in [0.3, 0.4) is 0 Å². The Labute approximate surface area is 174 Å². The molecule has 0 fully saturated rings. The van der Waals surface area contributed by atoms with E-state index in [0.29, 0.717) is 5.75 Å². The Hall–Kier alpha value is -3.45. The topological polar surface area (TPSA) is 79.5 Å². The highest BCUT2D eigenvalue weighted by molar-refractivity contribution is 7.80. The van der Waals surface area contributed by atoms with E-state index in [0.717, 1.165) is 21.9 Å². The first-order valence-corrected chi connectivity index (χ1v) is 9.47. The summed E-state index contributed by atoms with van der Waals surface area (Å²) in [5.41, 5.74) is 6.85. The van der Waals surface area contributed by atoms with E-state index in [1.54, 1.807) is 6.07 Å². The minimum atomic E-state index is -0.423. The Morgan fingerprint density at radius 3 is 2.41 bits per heavy atom. The second-order valence-electron chi connectivity index (χ2n) is 6.45. The molecule has 3 N–H and O–H groups in total. The molecule has 0 aliphatic rings. The van der Waals surface area contributed by atoms with Crippen molar-refractivity contribution >= 4 is 39.9 Å². The van der Waals surface area contributed by atoms with E-state index in [1.165, 1.54) is 0 Å². The summed E-state index contributed by atoms with van der Waals surface area (Å²) in [6.07, 6.45) is 0.202. The van der Waals surface area contributed by atoms with Crippen molar-refractivity contribution in [3.63, 3.8) is 0 Å².